The zero-order valence-corrected chi connectivity index (χ0v) is 19.4. The van der Waals surface area contributed by atoms with Crippen LogP contribution < -0.4 is 10.5 Å². The predicted molar refractivity (Wildman–Crippen MR) is 131 cm³/mol. The van der Waals surface area contributed by atoms with Gasteiger partial charge < -0.3 is 9.80 Å². The molecular formula is C27H33N5O. The Balaban J connectivity index is 1.28. The Bertz CT molecular complexity index is 1140. The van der Waals surface area contributed by atoms with E-state index in [1.54, 1.807) is 23.0 Å². The fraction of sp³-hybridized carbons (Fsp3) is 0.519. The molecule has 172 valence electrons. The summed E-state index contributed by atoms with van der Waals surface area (Å²) in [5.41, 5.74) is 3.14. The van der Waals surface area contributed by atoms with E-state index in [0.29, 0.717) is 12.0 Å². The van der Waals surface area contributed by atoms with Crippen LogP contribution in [0.2, 0.25) is 0 Å². The van der Waals surface area contributed by atoms with E-state index in [1.807, 2.05) is 19.2 Å². The highest BCUT2D eigenvalue weighted by atomic mass is 16.1. The molecule has 0 radical (unpaired) electrons. The summed E-state index contributed by atoms with van der Waals surface area (Å²) < 4.78 is 1.74. The molecule has 2 bridgehead atoms. The van der Waals surface area contributed by atoms with Gasteiger partial charge in [-0.25, -0.2) is 4.98 Å². The van der Waals surface area contributed by atoms with Crippen LogP contribution in [0.25, 0.3) is 11.3 Å². The minimum atomic E-state index is 0.00499. The maximum Gasteiger partial charge on any atom is 0.255 e. The van der Waals surface area contributed by atoms with Crippen molar-refractivity contribution in [2.75, 3.05) is 24.5 Å². The molecule has 0 N–H and O–H groups in total. The first-order valence-electron chi connectivity index (χ1n) is 12.5. The largest absolute Gasteiger partial charge is 0.371 e. The van der Waals surface area contributed by atoms with Crippen molar-refractivity contribution in [3.8, 4) is 11.3 Å². The smallest absolute Gasteiger partial charge is 0.255 e. The van der Waals surface area contributed by atoms with Crippen molar-refractivity contribution < 1.29 is 0 Å². The lowest BCUT2D eigenvalue weighted by atomic mass is 9.83. The zero-order valence-electron chi connectivity index (χ0n) is 19.4. The van der Waals surface area contributed by atoms with Gasteiger partial charge in [-0.05, 0) is 74.5 Å². The molecule has 4 unspecified atom stereocenters. The molecule has 4 atom stereocenters. The number of nitrogens with zero attached hydrogens (tertiary/aromatic N) is 5. The van der Waals surface area contributed by atoms with E-state index in [1.165, 1.54) is 57.3 Å². The van der Waals surface area contributed by atoms with Crippen LogP contribution in [0.5, 0.6) is 0 Å². The Morgan fingerprint density at radius 1 is 1.03 bits per heavy atom. The second-order valence-electron chi connectivity index (χ2n) is 10.2. The van der Waals surface area contributed by atoms with Gasteiger partial charge in [0.1, 0.15) is 0 Å². The number of piperidine rings is 1. The first kappa shape index (κ1) is 20.7. The lowest BCUT2D eigenvalue weighted by Crippen LogP contribution is -2.46. The van der Waals surface area contributed by atoms with Gasteiger partial charge in [-0.15, -0.1) is 0 Å². The van der Waals surface area contributed by atoms with E-state index in [-0.39, 0.29) is 5.56 Å². The Morgan fingerprint density at radius 2 is 1.91 bits per heavy atom. The standard InChI is InChI=1S/C27H33N5O/c1-30-26(33)15-25(19-10-12-28-13-11-19)29-27(30)32-17-20-8-9-23(32)14-21-16-31(18-24(20)21)22-6-4-2-3-5-7-22/h4,6-7,10-13,15,20-21,23-24H,2-3,5,8-9,14,16-18H2,1H3. The van der Waals surface area contributed by atoms with Gasteiger partial charge in [-0.2, -0.15) is 0 Å². The molecule has 5 heterocycles. The van der Waals surface area contributed by atoms with Crippen LogP contribution in [0, 0.1) is 17.8 Å². The Labute approximate surface area is 195 Å². The maximum atomic E-state index is 12.9. The molecule has 4 fully saturated rings. The summed E-state index contributed by atoms with van der Waals surface area (Å²) in [6.45, 7) is 3.36. The molecule has 0 aromatic carbocycles. The van der Waals surface area contributed by atoms with Gasteiger partial charge in [-0.3, -0.25) is 14.3 Å². The second kappa shape index (κ2) is 8.47. The minimum Gasteiger partial charge on any atom is -0.371 e. The average Bonchev–Trinajstić information content (AvgIpc) is 2.99. The third-order valence-corrected chi connectivity index (χ3v) is 8.34. The monoisotopic (exact) mass is 443 g/mol. The van der Waals surface area contributed by atoms with Gasteiger partial charge in [0.2, 0.25) is 5.95 Å². The Hall–Kier alpha value is -2.89. The van der Waals surface area contributed by atoms with E-state index >= 15 is 0 Å². The molecule has 3 saturated heterocycles. The van der Waals surface area contributed by atoms with Gasteiger partial charge in [0.05, 0.1) is 5.69 Å². The molecule has 2 aromatic heterocycles. The molecule has 1 saturated carbocycles. The van der Waals surface area contributed by atoms with Gasteiger partial charge in [-0.1, -0.05) is 12.2 Å². The topological polar surface area (TPSA) is 54.3 Å². The number of rotatable bonds is 3. The van der Waals surface area contributed by atoms with E-state index in [2.05, 4.69) is 33.0 Å². The summed E-state index contributed by atoms with van der Waals surface area (Å²) in [5, 5.41) is 0. The quantitative estimate of drug-likeness (QED) is 0.718. The van der Waals surface area contributed by atoms with Crippen LogP contribution in [0.15, 0.2) is 59.3 Å². The molecule has 6 nitrogen and oxygen atoms in total. The van der Waals surface area contributed by atoms with Crippen molar-refractivity contribution in [1.82, 2.24) is 19.4 Å². The third-order valence-electron chi connectivity index (χ3n) is 8.34. The first-order valence-corrected chi connectivity index (χ1v) is 12.5. The van der Waals surface area contributed by atoms with Crippen LogP contribution >= 0.6 is 0 Å². The lowest BCUT2D eigenvalue weighted by molar-refractivity contribution is 0.277. The third kappa shape index (κ3) is 3.79. The number of allylic oxidation sites excluding steroid dienone is 3. The maximum absolute atomic E-state index is 12.9. The molecule has 7 rings (SSSR count). The van der Waals surface area contributed by atoms with Crippen LogP contribution in [0.4, 0.5) is 5.95 Å². The van der Waals surface area contributed by atoms with Crippen molar-refractivity contribution in [2.45, 2.75) is 44.6 Å². The molecule has 33 heavy (non-hydrogen) atoms. The predicted octanol–water partition coefficient (Wildman–Crippen LogP) is 4.00. The number of hydrogen-bond donors (Lipinski definition) is 0. The summed E-state index contributed by atoms with van der Waals surface area (Å²) in [6.07, 6.45) is 18.0. The molecule has 0 amide bonds. The Kier molecular flexibility index (Phi) is 5.31. The van der Waals surface area contributed by atoms with Crippen LogP contribution in [-0.4, -0.2) is 45.1 Å². The molecule has 2 aromatic rings. The van der Waals surface area contributed by atoms with E-state index < -0.39 is 0 Å². The molecule has 5 aliphatic rings. The number of anilines is 1. The van der Waals surface area contributed by atoms with Gasteiger partial charge in [0.25, 0.3) is 5.56 Å². The van der Waals surface area contributed by atoms with Gasteiger partial charge >= 0.3 is 0 Å². The fourth-order valence-electron chi connectivity index (χ4n) is 6.58. The van der Waals surface area contributed by atoms with Crippen LogP contribution in [-0.2, 0) is 7.05 Å². The zero-order chi connectivity index (χ0) is 22.4. The number of aromatic nitrogens is 3. The summed E-state index contributed by atoms with van der Waals surface area (Å²) in [6, 6.07) is 5.96. The summed E-state index contributed by atoms with van der Waals surface area (Å²) in [4.78, 5) is 27.1. The van der Waals surface area contributed by atoms with Crippen molar-refractivity contribution in [1.29, 1.82) is 0 Å². The van der Waals surface area contributed by atoms with E-state index in [9.17, 15) is 4.79 Å². The normalized spacial score (nSPS) is 28.9. The molecule has 6 heteroatoms. The SMILES string of the molecule is Cn1c(N2CC3CCC2CC2CN(C4=CCCCC=C4)CC23)nc(-c2ccncc2)cc1=O. The number of pyridine rings is 1. The Morgan fingerprint density at radius 3 is 2.79 bits per heavy atom. The van der Waals surface area contributed by atoms with Crippen LogP contribution in [0.1, 0.15) is 38.5 Å². The highest BCUT2D eigenvalue weighted by Gasteiger charge is 2.47. The number of fused-ring (bicyclic) bond motifs is 2. The van der Waals surface area contributed by atoms with Crippen LogP contribution in [0.3, 0.4) is 0 Å². The van der Waals surface area contributed by atoms with Crippen molar-refractivity contribution >= 4 is 5.95 Å². The molecule has 2 aliphatic carbocycles. The molecule has 3 aliphatic heterocycles. The van der Waals surface area contributed by atoms with Gasteiger partial charge in [0, 0.05) is 62.4 Å². The van der Waals surface area contributed by atoms with Crippen molar-refractivity contribution in [3.05, 3.63) is 64.9 Å². The summed E-state index contributed by atoms with van der Waals surface area (Å²) >= 11 is 0. The number of hydrogen-bond acceptors (Lipinski definition) is 5. The highest BCUT2D eigenvalue weighted by molar-refractivity contribution is 5.59. The molecular weight excluding hydrogens is 410 g/mol. The summed E-state index contributed by atoms with van der Waals surface area (Å²) in [7, 11) is 1.87. The fourth-order valence-corrected chi connectivity index (χ4v) is 6.58. The average molecular weight is 444 g/mol. The first-order chi connectivity index (χ1) is 16.2. The minimum absolute atomic E-state index is 0.00499. The van der Waals surface area contributed by atoms with Crippen molar-refractivity contribution in [2.24, 2.45) is 24.8 Å². The van der Waals surface area contributed by atoms with E-state index in [4.69, 9.17) is 4.98 Å². The van der Waals surface area contributed by atoms with Crippen molar-refractivity contribution in [3.63, 3.8) is 0 Å². The highest BCUT2D eigenvalue weighted by Crippen LogP contribution is 2.46. The molecule has 0 spiro atoms. The lowest BCUT2D eigenvalue weighted by Gasteiger charge is -2.39. The second-order valence-corrected chi connectivity index (χ2v) is 10.2. The van der Waals surface area contributed by atoms with E-state index in [0.717, 1.165) is 35.6 Å². The van der Waals surface area contributed by atoms with Gasteiger partial charge in [0.15, 0.2) is 0 Å². The number of likely N-dealkylation sites (tertiary alicyclic amines) is 1. The summed E-state index contributed by atoms with van der Waals surface area (Å²) in [5.74, 6) is 2.95.